The maximum Gasteiger partial charge on any atom is 0.278 e. The summed E-state index contributed by atoms with van der Waals surface area (Å²) >= 11 is 2.97. The minimum absolute atomic E-state index is 0.0903. The van der Waals surface area contributed by atoms with Gasteiger partial charge in [0.05, 0.1) is 5.69 Å². The van der Waals surface area contributed by atoms with Crippen molar-refractivity contribution in [2.75, 3.05) is 0 Å². The first-order chi connectivity index (χ1) is 5.66. The highest BCUT2D eigenvalue weighted by Gasteiger charge is 2.14. The highest BCUT2D eigenvalue weighted by atomic mass is 79.9. The lowest BCUT2D eigenvalue weighted by atomic mass is 10.2. The molecule has 2 nitrogen and oxygen atoms in total. The largest absolute Gasteiger partial charge is 0.360 e. The second-order valence-electron chi connectivity index (χ2n) is 2.17. The lowest BCUT2D eigenvalue weighted by molar-refractivity contribution is 0.145. The van der Waals surface area contributed by atoms with Crippen LogP contribution in [0.1, 0.15) is 17.7 Å². The van der Waals surface area contributed by atoms with Crippen molar-refractivity contribution in [3.8, 4) is 0 Å². The zero-order valence-electron chi connectivity index (χ0n) is 5.98. The van der Waals surface area contributed by atoms with Crippen LogP contribution in [0.3, 0.4) is 0 Å². The number of halogens is 3. The zero-order chi connectivity index (χ0) is 9.14. The van der Waals surface area contributed by atoms with E-state index in [2.05, 4.69) is 20.9 Å². The van der Waals surface area contributed by atoms with Gasteiger partial charge in [0.25, 0.3) is 6.43 Å². The van der Waals surface area contributed by atoms with E-state index in [0.29, 0.717) is 0 Å². The van der Waals surface area contributed by atoms with Crippen molar-refractivity contribution in [3.05, 3.63) is 33.7 Å². The number of hydrogen-bond acceptors (Lipinski definition) is 1. The first kappa shape index (κ1) is 9.38. The van der Waals surface area contributed by atoms with Crippen LogP contribution >= 0.6 is 15.9 Å². The van der Waals surface area contributed by atoms with Gasteiger partial charge in [0, 0.05) is 23.2 Å². The van der Waals surface area contributed by atoms with Crippen molar-refractivity contribution in [3.63, 3.8) is 0 Å². The van der Waals surface area contributed by atoms with Crippen LogP contribution in [0, 0.1) is 0 Å². The molecule has 5 heteroatoms. The third-order valence-corrected chi connectivity index (χ3v) is 2.01. The lowest BCUT2D eigenvalue weighted by Gasteiger charge is -2.03. The van der Waals surface area contributed by atoms with Crippen molar-refractivity contribution in [1.29, 1.82) is 0 Å². The molecule has 0 bridgehead atoms. The monoisotopic (exact) mass is 237 g/mol. The van der Waals surface area contributed by atoms with Gasteiger partial charge in [-0.15, -0.1) is 0 Å². The zero-order valence-corrected chi connectivity index (χ0v) is 7.57. The van der Waals surface area contributed by atoms with E-state index in [4.69, 9.17) is 0 Å². The molecule has 0 amide bonds. The molecule has 1 aromatic rings. The van der Waals surface area contributed by atoms with Crippen molar-refractivity contribution in [2.45, 2.75) is 11.8 Å². The van der Waals surface area contributed by atoms with Crippen molar-refractivity contribution < 1.29 is 8.78 Å². The molecule has 1 aromatic heterocycles. The van der Waals surface area contributed by atoms with Gasteiger partial charge in [-0.25, -0.2) is 8.78 Å². The molecular weight excluding hydrogens is 232 g/mol. The van der Waals surface area contributed by atoms with Gasteiger partial charge in [0.1, 0.15) is 0 Å². The van der Waals surface area contributed by atoms with Gasteiger partial charge in [-0.05, 0) is 0 Å². The standard InChI is InChI=1S/C7H6BrF2NO/c8-3-4-5(12)1-2-11-6(4)7(9)10/h1-2,7H,3H2,(H,11,12). The molecule has 0 saturated carbocycles. The van der Waals surface area contributed by atoms with Gasteiger partial charge in [0.15, 0.2) is 5.43 Å². The highest BCUT2D eigenvalue weighted by Crippen LogP contribution is 2.19. The molecule has 1 N–H and O–H groups in total. The molecule has 66 valence electrons. The van der Waals surface area contributed by atoms with Crippen LogP contribution in [0.25, 0.3) is 0 Å². The summed E-state index contributed by atoms with van der Waals surface area (Å²) in [4.78, 5) is 13.3. The Morgan fingerprint density at radius 2 is 2.25 bits per heavy atom. The fourth-order valence-electron chi connectivity index (χ4n) is 0.860. The average molecular weight is 238 g/mol. The van der Waals surface area contributed by atoms with E-state index in [9.17, 15) is 13.6 Å². The maximum absolute atomic E-state index is 12.2. The SMILES string of the molecule is O=c1cc[nH]c(C(F)F)c1CBr. The highest BCUT2D eigenvalue weighted by molar-refractivity contribution is 9.08. The Bertz CT molecular complexity index is 323. The third-order valence-electron chi connectivity index (χ3n) is 1.45. The van der Waals surface area contributed by atoms with E-state index >= 15 is 0 Å². The molecule has 0 unspecified atom stereocenters. The molecule has 1 heterocycles. The van der Waals surface area contributed by atoms with Gasteiger partial charge < -0.3 is 4.98 Å². The summed E-state index contributed by atoms with van der Waals surface area (Å²) in [6.45, 7) is 0. The smallest absolute Gasteiger partial charge is 0.278 e. The number of nitrogens with one attached hydrogen (secondary N) is 1. The van der Waals surface area contributed by atoms with Crippen LogP contribution in [0.2, 0.25) is 0 Å². The predicted octanol–water partition coefficient (Wildman–Crippen LogP) is 2.21. The van der Waals surface area contributed by atoms with Gasteiger partial charge in [-0.3, -0.25) is 4.79 Å². The molecule has 0 aliphatic rings. The summed E-state index contributed by atoms with van der Waals surface area (Å²) in [7, 11) is 0. The Morgan fingerprint density at radius 3 is 2.67 bits per heavy atom. The topological polar surface area (TPSA) is 32.9 Å². The van der Waals surface area contributed by atoms with E-state index < -0.39 is 6.43 Å². The second-order valence-corrected chi connectivity index (χ2v) is 2.73. The molecule has 0 aliphatic heterocycles. The van der Waals surface area contributed by atoms with E-state index in [1.54, 1.807) is 0 Å². The predicted molar refractivity (Wildman–Crippen MR) is 44.7 cm³/mol. The number of hydrogen-bond donors (Lipinski definition) is 1. The summed E-state index contributed by atoms with van der Waals surface area (Å²) in [6.07, 6.45) is -1.41. The molecule has 0 spiro atoms. The summed E-state index contributed by atoms with van der Waals surface area (Å²) in [5.41, 5.74) is -0.590. The maximum atomic E-state index is 12.2. The summed E-state index contributed by atoms with van der Waals surface area (Å²) in [5.74, 6) is 0. The fourth-order valence-corrected chi connectivity index (χ4v) is 1.44. The minimum atomic E-state index is -2.63. The molecule has 0 aliphatic carbocycles. The van der Waals surface area contributed by atoms with Gasteiger partial charge in [0.2, 0.25) is 0 Å². The van der Waals surface area contributed by atoms with Gasteiger partial charge >= 0.3 is 0 Å². The van der Waals surface area contributed by atoms with Crippen LogP contribution in [-0.4, -0.2) is 4.98 Å². The summed E-state index contributed by atoms with van der Waals surface area (Å²) < 4.78 is 24.4. The quantitative estimate of drug-likeness (QED) is 0.787. The molecule has 0 fully saturated rings. The van der Waals surface area contributed by atoms with Gasteiger partial charge in [-0.1, -0.05) is 15.9 Å². The Balaban J connectivity index is 3.28. The lowest BCUT2D eigenvalue weighted by Crippen LogP contribution is -2.11. The number of H-pyrrole nitrogens is 1. The van der Waals surface area contributed by atoms with Crippen molar-refractivity contribution in [1.82, 2.24) is 4.98 Å². The van der Waals surface area contributed by atoms with Crippen LogP contribution in [0.4, 0.5) is 8.78 Å². The Hall–Kier alpha value is -0.710. The molecule has 0 radical (unpaired) electrons. The Morgan fingerprint density at radius 1 is 1.58 bits per heavy atom. The average Bonchev–Trinajstić information content (AvgIpc) is 2.03. The molecule has 12 heavy (non-hydrogen) atoms. The summed E-state index contributed by atoms with van der Waals surface area (Å²) in [6, 6.07) is 1.22. The Labute approximate surface area is 75.7 Å². The number of aromatic amines is 1. The number of pyridine rings is 1. The minimum Gasteiger partial charge on any atom is -0.360 e. The number of alkyl halides is 3. The molecule has 0 atom stereocenters. The normalized spacial score (nSPS) is 10.7. The van der Waals surface area contributed by atoms with Gasteiger partial charge in [-0.2, -0.15) is 0 Å². The molecule has 1 rings (SSSR count). The fraction of sp³-hybridized carbons (Fsp3) is 0.286. The second kappa shape index (κ2) is 3.80. The Kier molecular flexibility index (Phi) is 2.97. The molecular formula is C7H6BrF2NO. The first-order valence-corrected chi connectivity index (χ1v) is 4.33. The first-order valence-electron chi connectivity index (χ1n) is 3.21. The van der Waals surface area contributed by atoms with E-state index in [0.717, 1.165) is 0 Å². The summed E-state index contributed by atoms with van der Waals surface area (Å²) in [5, 5.41) is 0.142. The van der Waals surface area contributed by atoms with E-state index in [1.807, 2.05) is 0 Å². The molecule has 0 saturated heterocycles. The van der Waals surface area contributed by atoms with Crippen molar-refractivity contribution >= 4 is 15.9 Å². The van der Waals surface area contributed by atoms with Crippen LogP contribution in [0.15, 0.2) is 17.1 Å². The van der Waals surface area contributed by atoms with Crippen LogP contribution in [-0.2, 0) is 5.33 Å². The van der Waals surface area contributed by atoms with Crippen LogP contribution in [0.5, 0.6) is 0 Å². The van der Waals surface area contributed by atoms with Crippen molar-refractivity contribution in [2.24, 2.45) is 0 Å². The third kappa shape index (κ3) is 1.72. The van der Waals surface area contributed by atoms with E-state index in [-0.39, 0.29) is 22.0 Å². The van der Waals surface area contributed by atoms with Crippen LogP contribution < -0.4 is 5.43 Å². The molecule has 0 aromatic carbocycles. The number of aromatic nitrogens is 1. The number of rotatable bonds is 2. The van der Waals surface area contributed by atoms with E-state index in [1.165, 1.54) is 12.3 Å².